The molecule has 2 amide bonds. The van der Waals surface area contributed by atoms with Gasteiger partial charge in [0.15, 0.2) is 0 Å². The van der Waals surface area contributed by atoms with E-state index in [-0.39, 0.29) is 11.8 Å². The first-order valence-electron chi connectivity index (χ1n) is 8.51. The van der Waals surface area contributed by atoms with E-state index in [0.717, 1.165) is 15.6 Å². The second kappa shape index (κ2) is 9.19. The van der Waals surface area contributed by atoms with Gasteiger partial charge in [0.1, 0.15) is 5.76 Å². The lowest BCUT2D eigenvalue weighted by atomic mass is 10.1. The summed E-state index contributed by atoms with van der Waals surface area (Å²) in [7, 11) is 0. The Morgan fingerprint density at radius 3 is 2.44 bits per heavy atom. The van der Waals surface area contributed by atoms with Crippen LogP contribution in [-0.2, 0) is 24.3 Å². The maximum atomic E-state index is 12.3. The van der Waals surface area contributed by atoms with Gasteiger partial charge in [-0.05, 0) is 47.5 Å². The monoisotopic (exact) mass is 426 g/mol. The molecule has 0 atom stereocenters. The van der Waals surface area contributed by atoms with Crippen molar-refractivity contribution in [3.63, 3.8) is 0 Å². The van der Waals surface area contributed by atoms with Gasteiger partial charge < -0.3 is 15.1 Å². The van der Waals surface area contributed by atoms with Gasteiger partial charge in [-0.25, -0.2) is 0 Å². The molecule has 0 aliphatic heterocycles. The third kappa shape index (κ3) is 5.82. The molecule has 2 aromatic carbocycles. The van der Waals surface area contributed by atoms with Crippen molar-refractivity contribution in [3.8, 4) is 0 Å². The largest absolute Gasteiger partial charge is 0.467 e. The Morgan fingerprint density at radius 2 is 1.70 bits per heavy atom. The van der Waals surface area contributed by atoms with Crippen molar-refractivity contribution in [2.24, 2.45) is 0 Å². The number of halogens is 1. The summed E-state index contributed by atoms with van der Waals surface area (Å²) < 4.78 is 6.18. The maximum absolute atomic E-state index is 12.3. The lowest BCUT2D eigenvalue weighted by molar-refractivity contribution is -0.120. The van der Waals surface area contributed by atoms with Crippen LogP contribution >= 0.6 is 15.9 Å². The fourth-order valence-electron chi connectivity index (χ4n) is 2.56. The molecular formula is C21H19BrN2O3. The number of hydrogen-bond donors (Lipinski definition) is 2. The van der Waals surface area contributed by atoms with Gasteiger partial charge in [0.2, 0.25) is 5.91 Å². The Kier molecular flexibility index (Phi) is 6.44. The number of furan rings is 1. The highest BCUT2D eigenvalue weighted by Crippen LogP contribution is 2.11. The van der Waals surface area contributed by atoms with E-state index in [9.17, 15) is 9.59 Å². The first kappa shape index (κ1) is 18.9. The van der Waals surface area contributed by atoms with Gasteiger partial charge in [0, 0.05) is 16.6 Å². The van der Waals surface area contributed by atoms with E-state index in [1.165, 1.54) is 0 Å². The summed E-state index contributed by atoms with van der Waals surface area (Å²) in [5.74, 6) is 0.444. The second-order valence-corrected chi connectivity index (χ2v) is 6.96. The molecule has 0 spiro atoms. The molecule has 0 unspecified atom stereocenters. The van der Waals surface area contributed by atoms with Crippen LogP contribution in [0.4, 0.5) is 0 Å². The SMILES string of the molecule is O=C(Cc1ccc(Br)cc1)NCc1cccc(C(=O)NCc2ccco2)c1. The molecule has 2 N–H and O–H groups in total. The molecule has 3 rings (SSSR count). The zero-order chi connectivity index (χ0) is 19.1. The summed E-state index contributed by atoms with van der Waals surface area (Å²) >= 11 is 3.38. The number of nitrogens with one attached hydrogen (secondary N) is 2. The van der Waals surface area contributed by atoms with Crippen molar-refractivity contribution in [3.05, 3.63) is 93.9 Å². The molecule has 138 valence electrons. The Labute approximate surface area is 165 Å². The van der Waals surface area contributed by atoms with Gasteiger partial charge >= 0.3 is 0 Å². The highest BCUT2D eigenvalue weighted by molar-refractivity contribution is 9.10. The van der Waals surface area contributed by atoms with Crippen LogP contribution < -0.4 is 10.6 Å². The zero-order valence-corrected chi connectivity index (χ0v) is 16.2. The first-order valence-corrected chi connectivity index (χ1v) is 9.30. The predicted octanol–water partition coefficient (Wildman–Crippen LogP) is 3.83. The Bertz CT molecular complexity index is 905. The number of rotatable bonds is 7. The number of hydrogen-bond acceptors (Lipinski definition) is 3. The molecule has 0 saturated heterocycles. The van der Waals surface area contributed by atoms with Gasteiger partial charge in [-0.1, -0.05) is 40.2 Å². The topological polar surface area (TPSA) is 71.3 Å². The summed E-state index contributed by atoms with van der Waals surface area (Å²) in [5.41, 5.74) is 2.35. The molecule has 0 aliphatic carbocycles. The van der Waals surface area contributed by atoms with E-state index >= 15 is 0 Å². The van der Waals surface area contributed by atoms with Gasteiger partial charge in [0.05, 0.1) is 19.2 Å². The fourth-order valence-corrected chi connectivity index (χ4v) is 2.82. The van der Waals surface area contributed by atoms with E-state index in [2.05, 4.69) is 26.6 Å². The van der Waals surface area contributed by atoms with Crippen molar-refractivity contribution >= 4 is 27.7 Å². The van der Waals surface area contributed by atoms with Crippen molar-refractivity contribution < 1.29 is 14.0 Å². The molecule has 1 heterocycles. The van der Waals surface area contributed by atoms with E-state index in [1.54, 1.807) is 36.6 Å². The summed E-state index contributed by atoms with van der Waals surface area (Å²) in [4.78, 5) is 24.4. The van der Waals surface area contributed by atoms with Crippen molar-refractivity contribution in [1.82, 2.24) is 10.6 Å². The van der Waals surface area contributed by atoms with E-state index in [4.69, 9.17) is 4.42 Å². The molecular weight excluding hydrogens is 408 g/mol. The third-order valence-electron chi connectivity index (χ3n) is 3.96. The lowest BCUT2D eigenvalue weighted by Crippen LogP contribution is -2.25. The summed E-state index contributed by atoms with van der Waals surface area (Å²) in [5, 5.41) is 5.69. The van der Waals surface area contributed by atoms with E-state index < -0.39 is 0 Å². The van der Waals surface area contributed by atoms with Crippen LogP contribution in [0.15, 0.2) is 75.8 Å². The summed E-state index contributed by atoms with van der Waals surface area (Å²) in [6, 6.07) is 18.4. The molecule has 27 heavy (non-hydrogen) atoms. The van der Waals surface area contributed by atoms with Crippen LogP contribution in [0.25, 0.3) is 0 Å². The number of carbonyl (C=O) groups is 2. The molecule has 5 nitrogen and oxygen atoms in total. The van der Waals surface area contributed by atoms with Crippen molar-refractivity contribution in [2.45, 2.75) is 19.5 Å². The van der Waals surface area contributed by atoms with Gasteiger partial charge in [-0.3, -0.25) is 9.59 Å². The zero-order valence-electron chi connectivity index (χ0n) is 14.6. The molecule has 6 heteroatoms. The minimum Gasteiger partial charge on any atom is -0.467 e. The average molecular weight is 427 g/mol. The van der Waals surface area contributed by atoms with Gasteiger partial charge in [-0.2, -0.15) is 0 Å². The normalized spacial score (nSPS) is 10.4. The van der Waals surface area contributed by atoms with Crippen molar-refractivity contribution in [1.29, 1.82) is 0 Å². The van der Waals surface area contributed by atoms with Crippen LogP contribution in [0.5, 0.6) is 0 Å². The lowest BCUT2D eigenvalue weighted by Gasteiger charge is -2.08. The Morgan fingerprint density at radius 1 is 0.889 bits per heavy atom. The first-order chi connectivity index (χ1) is 13.1. The highest BCUT2D eigenvalue weighted by Gasteiger charge is 2.08. The van der Waals surface area contributed by atoms with Crippen LogP contribution in [0.2, 0.25) is 0 Å². The molecule has 1 aromatic heterocycles. The number of amides is 2. The van der Waals surface area contributed by atoms with Crippen LogP contribution in [0, 0.1) is 0 Å². The molecule has 0 bridgehead atoms. The highest BCUT2D eigenvalue weighted by atomic mass is 79.9. The predicted molar refractivity (Wildman–Crippen MR) is 106 cm³/mol. The Balaban J connectivity index is 1.51. The minimum absolute atomic E-state index is 0.0648. The van der Waals surface area contributed by atoms with Crippen molar-refractivity contribution in [2.75, 3.05) is 0 Å². The van der Waals surface area contributed by atoms with E-state index in [1.807, 2.05) is 30.3 Å². The minimum atomic E-state index is -0.186. The number of carbonyl (C=O) groups excluding carboxylic acids is 2. The Hall–Kier alpha value is -2.86. The van der Waals surface area contributed by atoms with Gasteiger partial charge in [0.25, 0.3) is 5.91 Å². The number of benzene rings is 2. The summed E-state index contributed by atoms with van der Waals surface area (Å²) in [6.07, 6.45) is 1.88. The summed E-state index contributed by atoms with van der Waals surface area (Å²) in [6.45, 7) is 0.703. The second-order valence-electron chi connectivity index (χ2n) is 6.04. The average Bonchev–Trinajstić information content (AvgIpc) is 3.20. The quantitative estimate of drug-likeness (QED) is 0.602. The fraction of sp³-hybridized carbons (Fsp3) is 0.143. The third-order valence-corrected chi connectivity index (χ3v) is 4.49. The van der Waals surface area contributed by atoms with Crippen LogP contribution in [-0.4, -0.2) is 11.8 Å². The van der Waals surface area contributed by atoms with E-state index in [0.29, 0.717) is 30.8 Å². The molecule has 0 fully saturated rings. The molecule has 0 aliphatic rings. The molecule has 3 aromatic rings. The smallest absolute Gasteiger partial charge is 0.251 e. The van der Waals surface area contributed by atoms with Crippen LogP contribution in [0.1, 0.15) is 27.2 Å². The van der Waals surface area contributed by atoms with Crippen LogP contribution in [0.3, 0.4) is 0 Å². The van der Waals surface area contributed by atoms with Gasteiger partial charge in [-0.15, -0.1) is 0 Å². The standard InChI is InChI=1S/C21H19BrN2O3/c22-18-8-6-15(7-9-18)12-20(25)23-13-16-3-1-4-17(11-16)21(26)24-14-19-5-2-10-27-19/h1-11H,12-14H2,(H,23,25)(H,24,26). The molecule has 0 saturated carbocycles. The maximum Gasteiger partial charge on any atom is 0.251 e. The molecule has 0 radical (unpaired) electrons.